The molecule has 0 radical (unpaired) electrons. The van der Waals surface area contributed by atoms with Gasteiger partial charge >= 0.3 is 12.0 Å². The van der Waals surface area contributed by atoms with E-state index in [0.29, 0.717) is 4.47 Å². The number of hydrogen-bond acceptors (Lipinski definition) is 4. The topological polar surface area (TPSA) is 122 Å². The summed E-state index contributed by atoms with van der Waals surface area (Å²) in [5, 5.41) is 23.7. The number of hydrogen-bond donors (Lipinski definition) is 3. The summed E-state index contributed by atoms with van der Waals surface area (Å²) in [6.45, 7) is 1.30. The number of carboxylic acids is 1. The lowest BCUT2D eigenvalue weighted by Crippen LogP contribution is -2.40. The molecule has 0 aliphatic carbocycles. The lowest BCUT2D eigenvalue weighted by Gasteiger charge is -2.11. The van der Waals surface area contributed by atoms with E-state index in [2.05, 4.69) is 26.6 Å². The molecule has 0 heterocycles. The van der Waals surface area contributed by atoms with Gasteiger partial charge in [-0.3, -0.25) is 14.9 Å². The molecule has 0 aliphatic rings. The number of carboxylic acid groups (broad SMARTS) is 1. The van der Waals surface area contributed by atoms with Gasteiger partial charge in [-0.15, -0.1) is 0 Å². The van der Waals surface area contributed by atoms with Gasteiger partial charge < -0.3 is 15.7 Å². The number of nitrogens with zero attached hydrogens (tertiary/aromatic N) is 1. The van der Waals surface area contributed by atoms with Gasteiger partial charge in [-0.1, -0.05) is 0 Å². The van der Waals surface area contributed by atoms with Gasteiger partial charge in [0.15, 0.2) is 0 Å². The first-order valence-electron chi connectivity index (χ1n) is 5.05. The highest BCUT2D eigenvalue weighted by atomic mass is 79.9. The molecule has 1 atom stereocenters. The highest BCUT2D eigenvalue weighted by molar-refractivity contribution is 9.10. The SMILES string of the molecule is C[C@H](NC(=O)Nc1cc([N+](=O)[O-])ccc1Br)C(=O)O. The number of urea groups is 1. The molecule has 1 aromatic carbocycles. The number of halogens is 1. The number of rotatable bonds is 4. The Hall–Kier alpha value is -2.16. The van der Waals surface area contributed by atoms with Crippen LogP contribution in [-0.2, 0) is 4.79 Å². The van der Waals surface area contributed by atoms with E-state index in [0.717, 1.165) is 6.07 Å². The second-order valence-electron chi connectivity index (χ2n) is 3.58. The zero-order valence-electron chi connectivity index (χ0n) is 9.71. The molecule has 0 saturated heterocycles. The Balaban J connectivity index is 2.81. The minimum atomic E-state index is -1.19. The lowest BCUT2D eigenvalue weighted by molar-refractivity contribution is -0.384. The van der Waals surface area contributed by atoms with Crippen molar-refractivity contribution in [1.29, 1.82) is 0 Å². The quantitative estimate of drug-likeness (QED) is 0.575. The van der Waals surface area contributed by atoms with Crippen molar-refractivity contribution in [2.24, 2.45) is 0 Å². The van der Waals surface area contributed by atoms with Crippen molar-refractivity contribution >= 4 is 39.3 Å². The second-order valence-corrected chi connectivity index (χ2v) is 4.43. The molecule has 0 aromatic heterocycles. The Morgan fingerprint density at radius 2 is 2.11 bits per heavy atom. The van der Waals surface area contributed by atoms with Crippen molar-refractivity contribution in [3.63, 3.8) is 0 Å². The first-order valence-corrected chi connectivity index (χ1v) is 5.85. The van der Waals surface area contributed by atoms with E-state index >= 15 is 0 Å². The normalized spacial score (nSPS) is 11.5. The molecule has 1 aromatic rings. The van der Waals surface area contributed by atoms with Crippen LogP contribution in [0.2, 0.25) is 0 Å². The molecule has 3 N–H and O–H groups in total. The highest BCUT2D eigenvalue weighted by Crippen LogP contribution is 2.26. The van der Waals surface area contributed by atoms with Crippen LogP contribution in [0.3, 0.4) is 0 Å². The van der Waals surface area contributed by atoms with Gasteiger partial charge in [0.05, 0.1) is 10.6 Å². The summed E-state index contributed by atoms with van der Waals surface area (Å²) in [4.78, 5) is 32.0. The van der Waals surface area contributed by atoms with E-state index in [1.165, 1.54) is 19.1 Å². The van der Waals surface area contributed by atoms with Crippen molar-refractivity contribution in [2.45, 2.75) is 13.0 Å². The molecule has 8 nitrogen and oxygen atoms in total. The molecular formula is C10H10BrN3O5. The maximum absolute atomic E-state index is 11.5. The zero-order valence-corrected chi connectivity index (χ0v) is 11.3. The first-order chi connectivity index (χ1) is 8.81. The summed E-state index contributed by atoms with van der Waals surface area (Å²) in [6, 6.07) is 2.00. The molecule has 0 spiro atoms. The number of nitro benzene ring substituents is 1. The number of benzene rings is 1. The third-order valence-electron chi connectivity index (χ3n) is 2.13. The number of aliphatic carboxylic acids is 1. The van der Waals surface area contributed by atoms with Gasteiger partial charge in [-0.2, -0.15) is 0 Å². The number of anilines is 1. The fourth-order valence-corrected chi connectivity index (χ4v) is 1.49. The number of nitrogens with one attached hydrogen (secondary N) is 2. The van der Waals surface area contributed by atoms with Gasteiger partial charge in [0.1, 0.15) is 6.04 Å². The van der Waals surface area contributed by atoms with Gasteiger partial charge in [-0.25, -0.2) is 4.79 Å². The van der Waals surface area contributed by atoms with Gasteiger partial charge in [0.25, 0.3) is 5.69 Å². The average Bonchev–Trinajstić information content (AvgIpc) is 2.31. The van der Waals surface area contributed by atoms with Crippen LogP contribution in [0.25, 0.3) is 0 Å². The number of amides is 2. The predicted molar refractivity (Wildman–Crippen MR) is 70.0 cm³/mol. The first kappa shape index (κ1) is 14.9. The minimum Gasteiger partial charge on any atom is -0.480 e. The Morgan fingerprint density at radius 1 is 1.47 bits per heavy atom. The zero-order chi connectivity index (χ0) is 14.6. The van der Waals surface area contributed by atoms with Gasteiger partial charge in [0, 0.05) is 16.6 Å². The summed E-state index contributed by atoms with van der Waals surface area (Å²) in [5.74, 6) is -1.19. The van der Waals surface area contributed by atoms with E-state index in [-0.39, 0.29) is 11.4 Å². The molecule has 0 fully saturated rings. The molecule has 2 amide bonds. The smallest absolute Gasteiger partial charge is 0.325 e. The maximum atomic E-state index is 11.5. The summed E-state index contributed by atoms with van der Waals surface area (Å²) >= 11 is 3.12. The Morgan fingerprint density at radius 3 is 2.63 bits per heavy atom. The maximum Gasteiger partial charge on any atom is 0.325 e. The molecule has 102 valence electrons. The Kier molecular flexibility index (Phi) is 4.81. The van der Waals surface area contributed by atoms with Crippen LogP contribution >= 0.6 is 15.9 Å². The van der Waals surface area contributed by atoms with Crippen molar-refractivity contribution in [3.8, 4) is 0 Å². The fourth-order valence-electron chi connectivity index (χ4n) is 1.14. The van der Waals surface area contributed by atoms with E-state index in [1.54, 1.807) is 0 Å². The standard InChI is InChI=1S/C10H10BrN3O5/c1-5(9(15)16)12-10(17)13-8-4-6(14(18)19)2-3-7(8)11/h2-5H,1H3,(H,15,16)(H2,12,13,17)/t5-/m0/s1. The van der Waals surface area contributed by atoms with Crippen LogP contribution < -0.4 is 10.6 Å². The lowest BCUT2D eigenvalue weighted by atomic mass is 10.3. The predicted octanol–water partition coefficient (Wildman–Crippen LogP) is 1.95. The van der Waals surface area contributed by atoms with Crippen LogP contribution in [-0.4, -0.2) is 28.1 Å². The molecule has 0 bridgehead atoms. The third-order valence-corrected chi connectivity index (χ3v) is 2.82. The summed E-state index contributed by atoms with van der Waals surface area (Å²) in [5.41, 5.74) is -0.0194. The molecule has 19 heavy (non-hydrogen) atoms. The van der Waals surface area contributed by atoms with E-state index in [1.807, 2.05) is 0 Å². The summed E-state index contributed by atoms with van der Waals surface area (Å²) < 4.78 is 0.441. The van der Waals surface area contributed by atoms with E-state index < -0.39 is 23.0 Å². The molecule has 1 rings (SSSR count). The van der Waals surface area contributed by atoms with E-state index in [9.17, 15) is 19.7 Å². The average molecular weight is 332 g/mol. The minimum absolute atomic E-state index is 0.171. The number of non-ortho nitro benzene ring substituents is 1. The number of carbonyl (C=O) groups excluding carboxylic acids is 1. The second kappa shape index (κ2) is 6.14. The molecular weight excluding hydrogens is 322 g/mol. The van der Waals surface area contributed by atoms with Crippen LogP contribution in [0.15, 0.2) is 22.7 Å². The summed E-state index contributed by atoms with van der Waals surface area (Å²) in [7, 11) is 0. The molecule has 0 unspecified atom stereocenters. The van der Waals surface area contributed by atoms with Crippen molar-refractivity contribution in [3.05, 3.63) is 32.8 Å². The van der Waals surface area contributed by atoms with Crippen molar-refractivity contribution in [1.82, 2.24) is 5.32 Å². The van der Waals surface area contributed by atoms with Crippen LogP contribution in [0.5, 0.6) is 0 Å². The van der Waals surface area contributed by atoms with Gasteiger partial charge in [-0.05, 0) is 28.9 Å². The largest absolute Gasteiger partial charge is 0.480 e. The van der Waals surface area contributed by atoms with Crippen molar-refractivity contribution in [2.75, 3.05) is 5.32 Å². The molecule has 0 aliphatic heterocycles. The van der Waals surface area contributed by atoms with Crippen LogP contribution in [0.4, 0.5) is 16.2 Å². The molecule has 9 heteroatoms. The van der Waals surface area contributed by atoms with E-state index in [4.69, 9.17) is 5.11 Å². The Bertz CT molecular complexity index is 534. The Labute approximate surface area is 116 Å². The third kappa shape index (κ3) is 4.21. The monoisotopic (exact) mass is 331 g/mol. The van der Waals surface area contributed by atoms with Crippen LogP contribution in [0.1, 0.15) is 6.92 Å². The fraction of sp³-hybridized carbons (Fsp3) is 0.200. The number of carbonyl (C=O) groups is 2. The summed E-state index contributed by atoms with van der Waals surface area (Å²) in [6.07, 6.45) is 0. The highest BCUT2D eigenvalue weighted by Gasteiger charge is 2.16. The molecule has 0 saturated carbocycles. The van der Waals surface area contributed by atoms with Crippen molar-refractivity contribution < 1.29 is 19.6 Å². The van der Waals surface area contributed by atoms with Gasteiger partial charge in [0.2, 0.25) is 0 Å². The number of nitro groups is 1. The van der Waals surface area contributed by atoms with Crippen LogP contribution in [0, 0.1) is 10.1 Å².